The number of methoxy groups -OCH3 is 1. The number of esters is 1. The van der Waals surface area contributed by atoms with Gasteiger partial charge in [0.25, 0.3) is 0 Å². The van der Waals surface area contributed by atoms with Crippen LogP contribution >= 0.6 is 11.8 Å². The number of carbonyl (C=O) groups excluding carboxylic acids is 3. The summed E-state index contributed by atoms with van der Waals surface area (Å²) in [6, 6.07) is 21.7. The maximum absolute atomic E-state index is 12.7. The van der Waals surface area contributed by atoms with Gasteiger partial charge < -0.3 is 20.1 Å². The second-order valence-electron chi connectivity index (χ2n) is 9.01. The van der Waals surface area contributed by atoms with Crippen LogP contribution in [0.25, 0.3) is 5.69 Å². The van der Waals surface area contributed by atoms with Gasteiger partial charge in [-0.25, -0.2) is 4.79 Å². The van der Waals surface area contributed by atoms with Crippen LogP contribution in [0, 0.1) is 6.92 Å². The minimum Gasteiger partial charge on any atom is -0.497 e. The second-order valence-corrected chi connectivity index (χ2v) is 9.95. The lowest BCUT2D eigenvalue weighted by Crippen LogP contribution is -2.26. The van der Waals surface area contributed by atoms with Gasteiger partial charge in [-0.15, -0.1) is 10.2 Å². The van der Waals surface area contributed by atoms with Gasteiger partial charge in [0.2, 0.25) is 11.8 Å². The number of nitrogens with zero attached hydrogens (tertiary/aromatic N) is 3. The number of rotatable bonds is 12. The summed E-state index contributed by atoms with van der Waals surface area (Å²) in [4.78, 5) is 37.2. The Balaban J connectivity index is 1.41. The lowest BCUT2D eigenvalue weighted by atomic mass is 10.1. The summed E-state index contributed by atoms with van der Waals surface area (Å²) in [6.07, 6.45) is 0.213. The van der Waals surface area contributed by atoms with Crippen LogP contribution in [0.2, 0.25) is 0 Å². The summed E-state index contributed by atoms with van der Waals surface area (Å²) in [7, 11) is 1.60. The van der Waals surface area contributed by atoms with Crippen molar-refractivity contribution in [2.45, 2.75) is 32.0 Å². The van der Waals surface area contributed by atoms with Crippen molar-refractivity contribution in [1.82, 2.24) is 20.1 Å². The molecule has 2 amide bonds. The molecule has 0 bridgehead atoms. The number of aryl methyl sites for hydroxylation is 1. The Morgan fingerprint density at radius 1 is 0.951 bits per heavy atom. The number of anilines is 1. The minimum absolute atomic E-state index is 0.0768. The van der Waals surface area contributed by atoms with E-state index in [4.69, 9.17) is 9.47 Å². The molecule has 4 aromatic rings. The van der Waals surface area contributed by atoms with Crippen LogP contribution in [0.3, 0.4) is 0 Å². The molecule has 0 atom stereocenters. The first-order chi connectivity index (χ1) is 19.9. The molecule has 41 heavy (non-hydrogen) atoms. The number of benzene rings is 3. The number of carbonyl (C=O) groups is 3. The van der Waals surface area contributed by atoms with Crippen LogP contribution in [0.4, 0.5) is 5.69 Å². The van der Waals surface area contributed by atoms with Crippen molar-refractivity contribution in [1.29, 1.82) is 0 Å². The van der Waals surface area contributed by atoms with Crippen molar-refractivity contribution in [3.05, 3.63) is 95.3 Å². The highest BCUT2D eigenvalue weighted by atomic mass is 32.2. The fourth-order valence-corrected chi connectivity index (χ4v) is 4.71. The highest BCUT2D eigenvalue weighted by molar-refractivity contribution is 7.99. The largest absolute Gasteiger partial charge is 0.497 e. The van der Waals surface area contributed by atoms with Gasteiger partial charge in [0.15, 0.2) is 11.0 Å². The average Bonchev–Trinajstić information content (AvgIpc) is 3.39. The molecule has 0 aliphatic carbocycles. The maximum Gasteiger partial charge on any atom is 0.338 e. The van der Waals surface area contributed by atoms with Gasteiger partial charge in [-0.05, 0) is 73.5 Å². The molecule has 4 rings (SSSR count). The van der Waals surface area contributed by atoms with E-state index in [9.17, 15) is 14.4 Å². The molecule has 0 spiro atoms. The quantitative estimate of drug-likeness (QED) is 0.189. The molecule has 2 N–H and O–H groups in total. The fourth-order valence-electron chi connectivity index (χ4n) is 3.93. The predicted octanol–water partition coefficient (Wildman–Crippen LogP) is 4.35. The Hall–Kier alpha value is -4.64. The molecule has 212 valence electrons. The number of hydrogen-bond donors (Lipinski definition) is 2. The molecular weight excluding hydrogens is 542 g/mol. The molecule has 11 heteroatoms. The Labute approximate surface area is 242 Å². The van der Waals surface area contributed by atoms with Crippen molar-refractivity contribution in [3.63, 3.8) is 0 Å². The van der Waals surface area contributed by atoms with Crippen molar-refractivity contribution in [2.24, 2.45) is 0 Å². The standard InChI is InChI=1S/C30H31N5O5S/c1-4-40-29(38)22-10-12-23(13-11-22)32-28(37)19-41-30-34-33-26(35(30)24-7-5-6-20(2)16-24)18-31-27(36)17-21-8-14-25(39-3)15-9-21/h5-16H,4,17-19H2,1-3H3,(H,31,36)(H,32,37). The third kappa shape index (κ3) is 8.18. The molecule has 3 aromatic carbocycles. The molecule has 1 heterocycles. The number of hydrogen-bond acceptors (Lipinski definition) is 8. The van der Waals surface area contributed by atoms with Crippen molar-refractivity contribution in [2.75, 3.05) is 24.8 Å². The topological polar surface area (TPSA) is 124 Å². The number of thioether (sulfide) groups is 1. The van der Waals surface area contributed by atoms with E-state index in [0.29, 0.717) is 28.8 Å². The van der Waals surface area contributed by atoms with Crippen LogP contribution in [-0.2, 0) is 27.3 Å². The highest BCUT2D eigenvalue weighted by Gasteiger charge is 2.17. The predicted molar refractivity (Wildman–Crippen MR) is 156 cm³/mol. The Bertz CT molecular complexity index is 1500. The van der Waals surface area contributed by atoms with Gasteiger partial charge in [-0.2, -0.15) is 0 Å². The number of nitrogens with one attached hydrogen (secondary N) is 2. The van der Waals surface area contributed by atoms with E-state index in [1.165, 1.54) is 11.8 Å². The SMILES string of the molecule is CCOC(=O)c1ccc(NC(=O)CSc2nnc(CNC(=O)Cc3ccc(OC)cc3)n2-c2cccc(C)c2)cc1. The van der Waals surface area contributed by atoms with Crippen molar-refractivity contribution < 1.29 is 23.9 Å². The smallest absolute Gasteiger partial charge is 0.338 e. The zero-order valence-electron chi connectivity index (χ0n) is 23.0. The molecule has 0 unspecified atom stereocenters. The van der Waals surface area contributed by atoms with Gasteiger partial charge in [-0.1, -0.05) is 36.0 Å². The van der Waals surface area contributed by atoms with E-state index in [1.54, 1.807) is 38.3 Å². The van der Waals surface area contributed by atoms with E-state index in [0.717, 1.165) is 22.6 Å². The van der Waals surface area contributed by atoms with Crippen LogP contribution in [0.15, 0.2) is 78.0 Å². The lowest BCUT2D eigenvalue weighted by Gasteiger charge is -2.12. The van der Waals surface area contributed by atoms with E-state index in [1.807, 2.05) is 60.0 Å². The van der Waals surface area contributed by atoms with Crippen molar-refractivity contribution >= 4 is 35.2 Å². The molecule has 10 nitrogen and oxygen atoms in total. The fraction of sp³-hybridized carbons (Fsp3) is 0.233. The second kappa shape index (κ2) is 14.1. The Morgan fingerprint density at radius 2 is 1.71 bits per heavy atom. The Kier molecular flexibility index (Phi) is 10.1. The maximum atomic E-state index is 12.7. The zero-order valence-corrected chi connectivity index (χ0v) is 23.9. The molecular formula is C30H31N5O5S. The molecule has 0 fully saturated rings. The molecule has 0 radical (unpaired) electrons. The summed E-state index contributed by atoms with van der Waals surface area (Å²) in [5, 5.41) is 14.9. The van der Waals surface area contributed by atoms with Crippen molar-refractivity contribution in [3.8, 4) is 11.4 Å². The average molecular weight is 574 g/mol. The minimum atomic E-state index is -0.413. The first-order valence-corrected chi connectivity index (χ1v) is 14.0. The first kappa shape index (κ1) is 29.3. The summed E-state index contributed by atoms with van der Waals surface area (Å²) in [6.45, 7) is 4.18. The van der Waals surface area contributed by atoms with Gasteiger partial charge >= 0.3 is 5.97 Å². The van der Waals surface area contributed by atoms with Gasteiger partial charge in [0.05, 0.1) is 38.0 Å². The molecule has 0 saturated heterocycles. The number of aromatic nitrogens is 3. The zero-order chi connectivity index (χ0) is 29.2. The van der Waals surface area contributed by atoms with E-state index < -0.39 is 5.97 Å². The third-order valence-corrected chi connectivity index (χ3v) is 6.87. The van der Waals surface area contributed by atoms with Crippen LogP contribution in [0.5, 0.6) is 5.75 Å². The van der Waals surface area contributed by atoms with E-state index in [2.05, 4.69) is 20.8 Å². The summed E-state index contributed by atoms with van der Waals surface area (Å²) in [5.41, 5.74) is 3.71. The monoisotopic (exact) mass is 573 g/mol. The van der Waals surface area contributed by atoms with E-state index >= 15 is 0 Å². The first-order valence-electron chi connectivity index (χ1n) is 13.0. The molecule has 0 saturated carbocycles. The van der Waals surface area contributed by atoms with Gasteiger partial charge in [0, 0.05) is 11.4 Å². The van der Waals surface area contributed by atoms with Gasteiger partial charge in [-0.3, -0.25) is 14.2 Å². The number of amides is 2. The van der Waals surface area contributed by atoms with Crippen LogP contribution < -0.4 is 15.4 Å². The molecule has 1 aromatic heterocycles. The summed E-state index contributed by atoms with van der Waals surface area (Å²) < 4.78 is 12.0. The Morgan fingerprint density at radius 3 is 2.39 bits per heavy atom. The lowest BCUT2D eigenvalue weighted by molar-refractivity contribution is -0.120. The number of ether oxygens (including phenoxy) is 2. The summed E-state index contributed by atoms with van der Waals surface area (Å²) in [5.74, 6) is 0.530. The highest BCUT2D eigenvalue weighted by Crippen LogP contribution is 2.23. The molecule has 0 aliphatic heterocycles. The third-order valence-electron chi connectivity index (χ3n) is 5.94. The van der Waals surface area contributed by atoms with Crippen LogP contribution in [-0.4, -0.2) is 52.0 Å². The van der Waals surface area contributed by atoms with E-state index in [-0.39, 0.29) is 30.5 Å². The molecule has 0 aliphatic rings. The van der Waals surface area contributed by atoms with Gasteiger partial charge in [0.1, 0.15) is 5.75 Å². The summed E-state index contributed by atoms with van der Waals surface area (Å²) >= 11 is 1.23. The van der Waals surface area contributed by atoms with Crippen LogP contribution in [0.1, 0.15) is 34.2 Å². The normalized spacial score (nSPS) is 10.6.